The van der Waals surface area contributed by atoms with E-state index in [0.717, 1.165) is 23.9 Å². The zero-order valence-electron chi connectivity index (χ0n) is 20.6. The first-order chi connectivity index (χ1) is 18.2. The summed E-state index contributed by atoms with van der Waals surface area (Å²) in [6, 6.07) is 8.18. The predicted octanol–water partition coefficient (Wildman–Crippen LogP) is 4.17. The normalized spacial score (nSPS) is 17.9. The number of nitrogens with one attached hydrogen (secondary N) is 3. The van der Waals surface area contributed by atoms with Crippen molar-refractivity contribution in [2.45, 2.75) is 38.1 Å². The number of aromatic amines is 1. The summed E-state index contributed by atoms with van der Waals surface area (Å²) in [5.41, 5.74) is 3.21. The maximum absolute atomic E-state index is 13.2. The molecule has 3 aromatic rings. The molecule has 0 unspecified atom stereocenters. The number of carbonyl (C=O) groups is 1. The minimum Gasteiger partial charge on any atom is -0.485 e. The number of nitrogens with zero attached hydrogens (tertiary/aromatic N) is 3. The van der Waals surface area contributed by atoms with Gasteiger partial charge in [0.25, 0.3) is 5.91 Å². The fourth-order valence-corrected chi connectivity index (χ4v) is 5.35. The van der Waals surface area contributed by atoms with Gasteiger partial charge in [-0.05, 0) is 25.0 Å². The van der Waals surface area contributed by atoms with E-state index in [-0.39, 0.29) is 5.91 Å². The number of aromatic nitrogens is 2. The molecule has 0 atom stereocenters. The summed E-state index contributed by atoms with van der Waals surface area (Å²) in [6.45, 7) is 2.93. The van der Waals surface area contributed by atoms with Crippen LogP contribution in [0.15, 0.2) is 24.4 Å². The summed E-state index contributed by atoms with van der Waals surface area (Å²) in [5, 5.41) is 17.5. The molecule has 1 saturated carbocycles. The molecule has 10 nitrogen and oxygen atoms in total. The SMILES string of the molecule is N#Cc1c[nH]c2nc(Nc3ccc(C(=O)N4CCOCC4)c4c3OCCO4)cc(NC3CCCCC3)c12. The van der Waals surface area contributed by atoms with E-state index in [9.17, 15) is 10.1 Å². The van der Waals surface area contributed by atoms with Crippen LogP contribution < -0.4 is 20.1 Å². The van der Waals surface area contributed by atoms with Crippen molar-refractivity contribution in [1.82, 2.24) is 14.9 Å². The molecule has 1 aliphatic carbocycles. The van der Waals surface area contributed by atoms with Crippen molar-refractivity contribution in [3.8, 4) is 17.6 Å². The number of H-pyrrole nitrogens is 1. The van der Waals surface area contributed by atoms with Crippen LogP contribution in [0.2, 0.25) is 0 Å². The molecular weight excluding hydrogens is 472 g/mol. The van der Waals surface area contributed by atoms with E-state index in [1.54, 1.807) is 17.2 Å². The van der Waals surface area contributed by atoms with Gasteiger partial charge in [-0.25, -0.2) is 4.98 Å². The molecule has 2 aromatic heterocycles. The zero-order chi connectivity index (χ0) is 25.2. The van der Waals surface area contributed by atoms with Crippen molar-refractivity contribution in [3.63, 3.8) is 0 Å². The first-order valence-corrected chi connectivity index (χ1v) is 13.0. The Kier molecular flexibility index (Phi) is 6.45. The minimum atomic E-state index is -0.0921. The predicted molar refractivity (Wildman–Crippen MR) is 139 cm³/mol. The third-order valence-corrected chi connectivity index (χ3v) is 7.21. The topological polar surface area (TPSA) is 125 Å². The summed E-state index contributed by atoms with van der Waals surface area (Å²) in [7, 11) is 0. The number of hydrogen-bond donors (Lipinski definition) is 3. The number of carbonyl (C=O) groups excluding carboxylic acids is 1. The first kappa shape index (κ1) is 23.4. The second-order valence-electron chi connectivity index (χ2n) is 9.62. The van der Waals surface area contributed by atoms with Crippen LogP contribution in [0.3, 0.4) is 0 Å². The van der Waals surface area contributed by atoms with Crippen LogP contribution in [0.1, 0.15) is 48.0 Å². The molecule has 4 heterocycles. The minimum absolute atomic E-state index is 0.0921. The summed E-state index contributed by atoms with van der Waals surface area (Å²) in [4.78, 5) is 22.9. The smallest absolute Gasteiger partial charge is 0.257 e. The number of amides is 1. The highest BCUT2D eigenvalue weighted by Crippen LogP contribution is 2.43. The van der Waals surface area contributed by atoms with Crippen molar-refractivity contribution in [2.24, 2.45) is 0 Å². The van der Waals surface area contributed by atoms with Crippen LogP contribution in [0.4, 0.5) is 17.2 Å². The number of pyridine rings is 1. The van der Waals surface area contributed by atoms with Gasteiger partial charge >= 0.3 is 0 Å². The van der Waals surface area contributed by atoms with E-state index >= 15 is 0 Å². The van der Waals surface area contributed by atoms with Crippen LogP contribution >= 0.6 is 0 Å². The van der Waals surface area contributed by atoms with Crippen molar-refractivity contribution in [2.75, 3.05) is 50.2 Å². The lowest BCUT2D eigenvalue weighted by Gasteiger charge is -2.29. The molecule has 3 N–H and O–H groups in total. The van der Waals surface area contributed by atoms with Gasteiger partial charge in [0.05, 0.1) is 41.1 Å². The van der Waals surface area contributed by atoms with Gasteiger partial charge in [0, 0.05) is 31.4 Å². The lowest BCUT2D eigenvalue weighted by Crippen LogP contribution is -2.41. The number of fused-ring (bicyclic) bond motifs is 2. The van der Waals surface area contributed by atoms with E-state index < -0.39 is 0 Å². The van der Waals surface area contributed by atoms with Crippen LogP contribution in [-0.2, 0) is 4.74 Å². The third kappa shape index (κ3) is 4.62. The summed E-state index contributed by atoms with van der Waals surface area (Å²) in [5.74, 6) is 1.45. The van der Waals surface area contributed by atoms with E-state index in [2.05, 4.69) is 21.7 Å². The average molecular weight is 503 g/mol. The molecule has 192 valence electrons. The Labute approximate surface area is 214 Å². The van der Waals surface area contributed by atoms with Crippen molar-refractivity contribution < 1.29 is 19.0 Å². The molecule has 0 spiro atoms. The Morgan fingerprint density at radius 1 is 1.05 bits per heavy atom. The number of hydrogen-bond acceptors (Lipinski definition) is 8. The number of benzene rings is 1. The molecule has 6 rings (SSSR count). The number of ether oxygens (including phenoxy) is 3. The second kappa shape index (κ2) is 10.2. The van der Waals surface area contributed by atoms with E-state index in [4.69, 9.17) is 19.2 Å². The summed E-state index contributed by atoms with van der Waals surface area (Å²) in [6.07, 6.45) is 7.58. The van der Waals surface area contributed by atoms with Crippen LogP contribution in [0.5, 0.6) is 11.5 Å². The monoisotopic (exact) mass is 502 g/mol. The second-order valence-corrected chi connectivity index (χ2v) is 9.62. The Hall–Kier alpha value is -3.97. The lowest BCUT2D eigenvalue weighted by atomic mass is 9.95. The molecule has 1 amide bonds. The molecule has 2 fully saturated rings. The van der Waals surface area contributed by atoms with Crippen molar-refractivity contribution >= 4 is 34.1 Å². The van der Waals surface area contributed by atoms with Gasteiger partial charge in [-0.15, -0.1) is 0 Å². The fourth-order valence-electron chi connectivity index (χ4n) is 5.35. The molecule has 1 aromatic carbocycles. The molecular formula is C27H30N6O4. The third-order valence-electron chi connectivity index (χ3n) is 7.21. The Bertz CT molecular complexity index is 1350. The van der Waals surface area contributed by atoms with Gasteiger partial charge in [0.2, 0.25) is 0 Å². The van der Waals surface area contributed by atoms with Gasteiger partial charge in [0.15, 0.2) is 11.5 Å². The number of anilines is 3. The average Bonchev–Trinajstić information content (AvgIpc) is 3.37. The Morgan fingerprint density at radius 2 is 1.84 bits per heavy atom. The van der Waals surface area contributed by atoms with Crippen LogP contribution in [0, 0.1) is 11.3 Å². The molecule has 0 bridgehead atoms. The molecule has 3 aliphatic rings. The quantitative estimate of drug-likeness (QED) is 0.475. The van der Waals surface area contributed by atoms with Gasteiger partial charge < -0.3 is 34.7 Å². The van der Waals surface area contributed by atoms with E-state index in [0.29, 0.717) is 85.3 Å². The highest BCUT2D eigenvalue weighted by Gasteiger charge is 2.28. The lowest BCUT2D eigenvalue weighted by molar-refractivity contribution is 0.0298. The van der Waals surface area contributed by atoms with Crippen molar-refractivity contribution in [3.05, 3.63) is 35.5 Å². The number of nitriles is 1. The largest absolute Gasteiger partial charge is 0.485 e. The number of rotatable bonds is 5. The van der Waals surface area contributed by atoms with Crippen LogP contribution in [-0.4, -0.2) is 66.3 Å². The molecule has 2 aliphatic heterocycles. The number of morpholine rings is 1. The van der Waals surface area contributed by atoms with Gasteiger partial charge in [-0.3, -0.25) is 4.79 Å². The first-order valence-electron chi connectivity index (χ1n) is 13.0. The Morgan fingerprint density at radius 3 is 2.62 bits per heavy atom. The highest BCUT2D eigenvalue weighted by molar-refractivity contribution is 6.00. The maximum Gasteiger partial charge on any atom is 0.257 e. The Balaban J connectivity index is 1.34. The zero-order valence-corrected chi connectivity index (χ0v) is 20.6. The van der Waals surface area contributed by atoms with E-state index in [1.165, 1.54) is 19.3 Å². The molecule has 1 saturated heterocycles. The molecule has 37 heavy (non-hydrogen) atoms. The highest BCUT2D eigenvalue weighted by atomic mass is 16.6. The van der Waals surface area contributed by atoms with E-state index in [1.807, 2.05) is 12.1 Å². The van der Waals surface area contributed by atoms with Crippen molar-refractivity contribution in [1.29, 1.82) is 5.26 Å². The van der Waals surface area contributed by atoms with Gasteiger partial charge in [-0.2, -0.15) is 5.26 Å². The summed E-state index contributed by atoms with van der Waals surface area (Å²) < 4.78 is 17.3. The standard InChI is InChI=1S/C27H30N6O4/c28-15-17-16-29-26-23(17)21(30-18-4-2-1-3-5-18)14-22(32-26)31-20-7-6-19(24-25(20)37-13-12-36-24)27(34)33-8-10-35-11-9-33/h6-7,14,16,18H,1-5,8-13H2,(H3,29,30,31,32). The van der Waals surface area contributed by atoms with Gasteiger partial charge in [0.1, 0.15) is 30.7 Å². The maximum atomic E-state index is 13.2. The summed E-state index contributed by atoms with van der Waals surface area (Å²) >= 11 is 0. The van der Waals surface area contributed by atoms with Gasteiger partial charge in [-0.1, -0.05) is 19.3 Å². The van der Waals surface area contributed by atoms with Crippen LogP contribution in [0.25, 0.3) is 11.0 Å². The fraction of sp³-hybridized carbons (Fsp3) is 0.444. The molecule has 10 heteroatoms. The molecule has 0 radical (unpaired) electrons.